The molecule has 1 saturated heterocycles. The van der Waals surface area contributed by atoms with Gasteiger partial charge < -0.3 is 15.6 Å². The van der Waals surface area contributed by atoms with Gasteiger partial charge in [0.2, 0.25) is 0 Å². The second-order valence-electron chi connectivity index (χ2n) is 8.26. The number of piperidine rings is 1. The molecule has 2 aliphatic rings. The molecular weight excluding hydrogens is 338 g/mol. The minimum Gasteiger partial charge on any atom is -0.382 e. The van der Waals surface area contributed by atoms with E-state index in [9.17, 15) is 0 Å². The van der Waals surface area contributed by atoms with Crippen molar-refractivity contribution in [3.8, 4) is 0 Å². The van der Waals surface area contributed by atoms with E-state index in [0.29, 0.717) is 17.9 Å². The minimum absolute atomic E-state index is 0.476. The molecule has 3 N–H and O–H groups in total. The molecule has 3 unspecified atom stereocenters. The Bertz CT molecular complexity index is 737. The summed E-state index contributed by atoms with van der Waals surface area (Å²) < 4.78 is 2.23. The van der Waals surface area contributed by atoms with Crippen LogP contribution in [0.2, 0.25) is 0 Å². The van der Waals surface area contributed by atoms with Crippen LogP contribution in [-0.2, 0) is 0 Å². The molecule has 0 amide bonds. The fourth-order valence-corrected chi connectivity index (χ4v) is 4.87. The molecule has 3 atom stereocenters. The molecule has 1 aliphatic heterocycles. The van der Waals surface area contributed by atoms with Crippen LogP contribution in [0.15, 0.2) is 12.7 Å². The van der Waals surface area contributed by atoms with Crippen LogP contribution in [0.4, 0.5) is 5.82 Å². The van der Waals surface area contributed by atoms with Gasteiger partial charge >= 0.3 is 0 Å². The van der Waals surface area contributed by atoms with Crippen LogP contribution in [0.1, 0.15) is 57.9 Å². The Hall–Kier alpha value is -1.73. The summed E-state index contributed by atoms with van der Waals surface area (Å²) in [5.74, 6) is 1.23. The van der Waals surface area contributed by atoms with Crippen LogP contribution in [-0.4, -0.2) is 56.6 Å². The molecule has 0 bridgehead atoms. The Kier molecular flexibility index (Phi) is 5.88. The first kappa shape index (κ1) is 18.6. The molecule has 0 spiro atoms. The molecule has 27 heavy (non-hydrogen) atoms. The Balaban J connectivity index is 1.42. The summed E-state index contributed by atoms with van der Waals surface area (Å²) in [6.07, 6.45) is 12.4. The predicted octanol–water partition coefficient (Wildman–Crippen LogP) is 2.60. The van der Waals surface area contributed by atoms with Gasteiger partial charge in [-0.2, -0.15) is 0 Å². The molecule has 7 heteroatoms. The highest BCUT2D eigenvalue weighted by Crippen LogP contribution is 2.37. The number of aromatic nitrogens is 4. The first-order valence-electron chi connectivity index (χ1n) is 10.6. The van der Waals surface area contributed by atoms with Crippen molar-refractivity contribution in [2.75, 3.05) is 31.9 Å². The molecular formula is C20H33N7. The first-order chi connectivity index (χ1) is 13.3. The molecule has 2 aromatic rings. The van der Waals surface area contributed by atoms with Gasteiger partial charge in [0, 0.05) is 25.2 Å². The van der Waals surface area contributed by atoms with Crippen molar-refractivity contribution in [2.24, 2.45) is 5.92 Å². The zero-order valence-electron chi connectivity index (χ0n) is 16.5. The molecule has 1 saturated carbocycles. The Morgan fingerprint density at radius 2 is 2.19 bits per heavy atom. The van der Waals surface area contributed by atoms with Crippen molar-refractivity contribution in [3.63, 3.8) is 0 Å². The summed E-state index contributed by atoms with van der Waals surface area (Å²) >= 11 is 0. The monoisotopic (exact) mass is 371 g/mol. The summed E-state index contributed by atoms with van der Waals surface area (Å²) in [5.41, 5.74) is 7.57. The minimum atomic E-state index is 0.476. The normalized spacial score (nSPS) is 26.2. The fraction of sp³-hybridized carbons (Fsp3) is 0.750. The van der Waals surface area contributed by atoms with E-state index in [0.717, 1.165) is 23.6 Å². The van der Waals surface area contributed by atoms with E-state index in [-0.39, 0.29) is 0 Å². The highest BCUT2D eigenvalue weighted by Gasteiger charge is 2.31. The SMILES string of the molecule is CCCCN(CC1CCC(n2cnc3c(N)ncnc32)C1)C1CCCNC1. The van der Waals surface area contributed by atoms with Gasteiger partial charge in [-0.25, -0.2) is 15.0 Å². The van der Waals surface area contributed by atoms with E-state index in [1.54, 1.807) is 6.33 Å². The van der Waals surface area contributed by atoms with Crippen LogP contribution < -0.4 is 11.1 Å². The van der Waals surface area contributed by atoms with Gasteiger partial charge in [0.05, 0.1) is 6.33 Å². The van der Waals surface area contributed by atoms with Crippen molar-refractivity contribution < 1.29 is 0 Å². The summed E-state index contributed by atoms with van der Waals surface area (Å²) in [5, 5.41) is 3.59. The number of nitrogens with zero attached hydrogens (tertiary/aromatic N) is 5. The van der Waals surface area contributed by atoms with Gasteiger partial charge in [-0.3, -0.25) is 4.90 Å². The number of rotatable bonds is 7. The van der Waals surface area contributed by atoms with Crippen LogP contribution in [0.5, 0.6) is 0 Å². The van der Waals surface area contributed by atoms with Gasteiger partial charge in [0.25, 0.3) is 0 Å². The van der Waals surface area contributed by atoms with Crippen molar-refractivity contribution in [1.29, 1.82) is 0 Å². The number of hydrogen-bond acceptors (Lipinski definition) is 6. The Labute approximate surface area is 161 Å². The van der Waals surface area contributed by atoms with E-state index in [1.807, 2.05) is 6.33 Å². The summed E-state index contributed by atoms with van der Waals surface area (Å²) in [6, 6.07) is 1.19. The van der Waals surface area contributed by atoms with E-state index >= 15 is 0 Å². The lowest BCUT2D eigenvalue weighted by atomic mass is 10.0. The number of anilines is 1. The number of nitrogens with two attached hydrogens (primary N) is 1. The van der Waals surface area contributed by atoms with E-state index in [2.05, 4.69) is 36.7 Å². The number of nitrogen functional groups attached to an aromatic ring is 1. The van der Waals surface area contributed by atoms with Crippen molar-refractivity contribution in [1.82, 2.24) is 29.7 Å². The number of fused-ring (bicyclic) bond motifs is 1. The maximum atomic E-state index is 5.95. The summed E-state index contributed by atoms with van der Waals surface area (Å²) in [4.78, 5) is 15.7. The molecule has 2 fully saturated rings. The summed E-state index contributed by atoms with van der Waals surface area (Å²) in [6.45, 7) is 7.10. The zero-order chi connectivity index (χ0) is 18.6. The maximum Gasteiger partial charge on any atom is 0.165 e. The predicted molar refractivity (Wildman–Crippen MR) is 108 cm³/mol. The third-order valence-electron chi connectivity index (χ3n) is 6.37. The zero-order valence-corrected chi connectivity index (χ0v) is 16.5. The second kappa shape index (κ2) is 8.52. The lowest BCUT2D eigenvalue weighted by Gasteiger charge is -2.36. The molecule has 0 radical (unpaired) electrons. The van der Waals surface area contributed by atoms with E-state index in [1.165, 1.54) is 64.6 Å². The average molecular weight is 372 g/mol. The lowest BCUT2D eigenvalue weighted by Crippen LogP contribution is -2.47. The standard InChI is InChI=1S/C20H33N7/c1-2-3-9-26(17-5-4-8-22-11-17)12-15-6-7-16(10-15)27-14-25-18-19(21)23-13-24-20(18)27/h13-17,22H,2-12H2,1H3,(H2,21,23,24). The van der Waals surface area contributed by atoms with Gasteiger partial charge in [-0.05, 0) is 57.5 Å². The van der Waals surface area contributed by atoms with Gasteiger partial charge in [0.1, 0.15) is 11.8 Å². The molecule has 148 valence electrons. The van der Waals surface area contributed by atoms with Gasteiger partial charge in [-0.15, -0.1) is 0 Å². The molecule has 7 nitrogen and oxygen atoms in total. The Morgan fingerprint density at radius 3 is 3.00 bits per heavy atom. The smallest absolute Gasteiger partial charge is 0.165 e. The number of hydrogen-bond donors (Lipinski definition) is 2. The number of nitrogens with one attached hydrogen (secondary N) is 1. The fourth-order valence-electron chi connectivity index (χ4n) is 4.87. The third-order valence-corrected chi connectivity index (χ3v) is 6.37. The first-order valence-corrected chi connectivity index (χ1v) is 10.6. The number of imidazole rings is 1. The molecule has 1 aliphatic carbocycles. The highest BCUT2D eigenvalue weighted by molar-refractivity contribution is 5.81. The third kappa shape index (κ3) is 4.09. The van der Waals surface area contributed by atoms with Crippen molar-refractivity contribution in [2.45, 2.75) is 64.0 Å². The molecule has 3 heterocycles. The summed E-state index contributed by atoms with van der Waals surface area (Å²) in [7, 11) is 0. The largest absolute Gasteiger partial charge is 0.382 e. The van der Waals surface area contributed by atoms with Crippen LogP contribution in [0, 0.1) is 5.92 Å². The topological polar surface area (TPSA) is 84.9 Å². The van der Waals surface area contributed by atoms with Crippen molar-refractivity contribution in [3.05, 3.63) is 12.7 Å². The molecule has 2 aromatic heterocycles. The quantitative estimate of drug-likeness (QED) is 0.778. The van der Waals surface area contributed by atoms with Crippen LogP contribution >= 0.6 is 0 Å². The van der Waals surface area contributed by atoms with Crippen LogP contribution in [0.25, 0.3) is 11.2 Å². The molecule has 0 aromatic carbocycles. The Morgan fingerprint density at radius 1 is 1.26 bits per heavy atom. The van der Waals surface area contributed by atoms with Crippen LogP contribution in [0.3, 0.4) is 0 Å². The maximum absolute atomic E-state index is 5.95. The van der Waals surface area contributed by atoms with E-state index in [4.69, 9.17) is 5.73 Å². The molecule has 4 rings (SSSR count). The second-order valence-corrected chi connectivity index (χ2v) is 8.26. The van der Waals surface area contributed by atoms with E-state index < -0.39 is 0 Å². The average Bonchev–Trinajstić information content (AvgIpc) is 3.33. The lowest BCUT2D eigenvalue weighted by molar-refractivity contribution is 0.139. The number of unbranched alkanes of at least 4 members (excludes halogenated alkanes) is 1. The highest BCUT2D eigenvalue weighted by atomic mass is 15.2. The van der Waals surface area contributed by atoms with Gasteiger partial charge in [0.15, 0.2) is 11.5 Å². The van der Waals surface area contributed by atoms with Gasteiger partial charge in [-0.1, -0.05) is 13.3 Å². The van der Waals surface area contributed by atoms with Crippen molar-refractivity contribution >= 4 is 17.0 Å².